The van der Waals surface area contributed by atoms with E-state index in [1.165, 1.54) is 0 Å². The maximum Gasteiger partial charge on any atom is 0.408 e. The van der Waals surface area contributed by atoms with Crippen molar-refractivity contribution in [1.82, 2.24) is 5.32 Å². The monoisotopic (exact) mass is 347 g/mol. The maximum absolute atomic E-state index is 12.0. The summed E-state index contributed by atoms with van der Waals surface area (Å²) in [7, 11) is 0. The van der Waals surface area contributed by atoms with E-state index in [0.29, 0.717) is 0 Å². The van der Waals surface area contributed by atoms with Crippen LogP contribution in [0.4, 0.5) is 4.79 Å². The number of carbonyl (C=O) groups excluding carboxylic acids is 1. The highest BCUT2D eigenvalue weighted by Crippen LogP contribution is 2.22. The Hall–Kier alpha value is -3.11. The summed E-state index contributed by atoms with van der Waals surface area (Å²) >= 11 is 0. The summed E-state index contributed by atoms with van der Waals surface area (Å²) in [5.74, 6) is 0. The Kier molecular flexibility index (Phi) is 6.01. The predicted molar refractivity (Wildman–Crippen MR) is 101 cm³/mol. The Morgan fingerprint density at radius 2 is 1.42 bits per heavy atom. The molecule has 0 radical (unpaired) electrons. The number of hydrogen-bond donors (Lipinski definition) is 2. The van der Waals surface area contributed by atoms with Crippen LogP contribution in [-0.4, -0.2) is 17.8 Å². The second kappa shape index (κ2) is 8.83. The summed E-state index contributed by atoms with van der Waals surface area (Å²) in [6.45, 7) is -0.0110. The number of alkyl carbamates (subject to hydrolysis) is 1. The average molecular weight is 347 g/mol. The predicted octanol–water partition coefficient (Wildman–Crippen LogP) is 4.31. The summed E-state index contributed by atoms with van der Waals surface area (Å²) in [6.07, 6.45) is -0.556. The van der Waals surface area contributed by atoms with Gasteiger partial charge in [-0.05, 0) is 22.3 Å². The summed E-state index contributed by atoms with van der Waals surface area (Å²) in [5.41, 5.74) is 3.94. The third kappa shape index (κ3) is 4.71. The van der Waals surface area contributed by atoms with Crippen molar-refractivity contribution in [2.24, 2.45) is 0 Å². The zero-order chi connectivity index (χ0) is 18.2. The van der Waals surface area contributed by atoms with Crippen LogP contribution < -0.4 is 5.32 Å². The number of nitrogens with one attached hydrogen (secondary N) is 1. The molecule has 0 saturated carbocycles. The molecule has 0 aliphatic carbocycles. The van der Waals surface area contributed by atoms with Gasteiger partial charge < -0.3 is 15.2 Å². The molecule has 0 saturated heterocycles. The lowest BCUT2D eigenvalue weighted by molar-refractivity contribution is 0.129. The van der Waals surface area contributed by atoms with Gasteiger partial charge in [0.1, 0.15) is 6.61 Å². The molecule has 0 spiro atoms. The van der Waals surface area contributed by atoms with E-state index in [-0.39, 0.29) is 13.2 Å². The van der Waals surface area contributed by atoms with Crippen LogP contribution in [0, 0.1) is 0 Å². The van der Waals surface area contributed by atoms with E-state index in [0.717, 1.165) is 22.3 Å². The topological polar surface area (TPSA) is 58.6 Å². The number of benzene rings is 3. The normalized spacial score (nSPS) is 11.6. The first-order chi connectivity index (χ1) is 12.8. The van der Waals surface area contributed by atoms with Crippen molar-refractivity contribution in [2.75, 3.05) is 6.61 Å². The molecule has 3 aromatic rings. The summed E-state index contributed by atoms with van der Waals surface area (Å²) in [5, 5.41) is 12.3. The molecule has 0 unspecified atom stereocenters. The smallest absolute Gasteiger partial charge is 0.408 e. The van der Waals surface area contributed by atoms with Crippen molar-refractivity contribution in [3.63, 3.8) is 0 Å². The number of hydrogen-bond acceptors (Lipinski definition) is 3. The van der Waals surface area contributed by atoms with Gasteiger partial charge in [0.15, 0.2) is 0 Å². The van der Waals surface area contributed by atoms with Gasteiger partial charge in [-0.1, -0.05) is 84.9 Å². The van der Waals surface area contributed by atoms with Crippen molar-refractivity contribution in [3.05, 3.63) is 96.1 Å². The number of carbonyl (C=O) groups is 1. The highest BCUT2D eigenvalue weighted by Gasteiger charge is 2.14. The average Bonchev–Trinajstić information content (AvgIpc) is 2.72. The van der Waals surface area contributed by atoms with E-state index in [4.69, 9.17) is 4.74 Å². The second-order valence-corrected chi connectivity index (χ2v) is 5.93. The zero-order valence-corrected chi connectivity index (χ0v) is 14.3. The largest absolute Gasteiger partial charge is 0.445 e. The zero-order valence-electron chi connectivity index (χ0n) is 14.3. The van der Waals surface area contributed by atoms with Gasteiger partial charge in [-0.2, -0.15) is 0 Å². The first kappa shape index (κ1) is 17.7. The maximum atomic E-state index is 12.0. The van der Waals surface area contributed by atoms with Crippen LogP contribution in [0.5, 0.6) is 0 Å². The lowest BCUT2D eigenvalue weighted by atomic mass is 10.0. The fraction of sp³-hybridized carbons (Fsp3) is 0.136. The van der Waals surface area contributed by atoms with Crippen molar-refractivity contribution in [1.29, 1.82) is 0 Å². The Bertz CT molecular complexity index is 817. The van der Waals surface area contributed by atoms with Crippen LogP contribution >= 0.6 is 0 Å². The fourth-order valence-corrected chi connectivity index (χ4v) is 2.68. The first-order valence-corrected chi connectivity index (χ1v) is 8.50. The van der Waals surface area contributed by atoms with Crippen LogP contribution in [-0.2, 0) is 11.3 Å². The molecule has 0 aromatic heterocycles. The summed E-state index contributed by atoms with van der Waals surface area (Å²) in [4.78, 5) is 12.0. The minimum atomic E-state index is -0.556. The van der Waals surface area contributed by atoms with E-state index >= 15 is 0 Å². The van der Waals surface area contributed by atoms with Crippen molar-refractivity contribution in [2.45, 2.75) is 12.6 Å². The molecule has 0 aliphatic rings. The minimum absolute atomic E-state index is 0.192. The van der Waals surface area contributed by atoms with E-state index in [2.05, 4.69) is 5.32 Å². The molecule has 3 aromatic carbocycles. The minimum Gasteiger partial charge on any atom is -0.445 e. The molecular weight excluding hydrogens is 326 g/mol. The molecule has 0 aliphatic heterocycles. The molecule has 0 bridgehead atoms. The Balaban J connectivity index is 1.60. The van der Waals surface area contributed by atoms with Gasteiger partial charge in [0, 0.05) is 0 Å². The molecule has 132 valence electrons. The highest BCUT2D eigenvalue weighted by molar-refractivity contribution is 5.68. The number of amides is 1. The molecule has 1 amide bonds. The molecule has 0 heterocycles. The first-order valence-electron chi connectivity index (χ1n) is 8.50. The molecular formula is C22H21NO3. The molecule has 4 nitrogen and oxygen atoms in total. The molecule has 4 heteroatoms. The van der Waals surface area contributed by atoms with E-state index in [1.54, 1.807) is 0 Å². The Labute approximate surface area is 153 Å². The van der Waals surface area contributed by atoms with Crippen molar-refractivity contribution in [3.8, 4) is 11.1 Å². The fourth-order valence-electron chi connectivity index (χ4n) is 2.68. The number of rotatable bonds is 6. The third-order valence-electron chi connectivity index (χ3n) is 4.11. The quantitative estimate of drug-likeness (QED) is 0.698. The summed E-state index contributed by atoms with van der Waals surface area (Å²) < 4.78 is 5.21. The SMILES string of the molecule is O=C(N[C@@H](CO)c1ccc(-c2ccccc2)cc1)OCc1ccccc1. The van der Waals surface area contributed by atoms with Crippen molar-refractivity contribution < 1.29 is 14.6 Å². The molecule has 2 N–H and O–H groups in total. The van der Waals surface area contributed by atoms with Crippen LogP contribution in [0.3, 0.4) is 0 Å². The van der Waals surface area contributed by atoms with Gasteiger partial charge in [0.25, 0.3) is 0 Å². The number of ether oxygens (including phenoxy) is 1. The van der Waals surface area contributed by atoms with Crippen LogP contribution in [0.1, 0.15) is 17.2 Å². The van der Waals surface area contributed by atoms with Crippen LogP contribution in [0.15, 0.2) is 84.9 Å². The van der Waals surface area contributed by atoms with Gasteiger partial charge in [-0.3, -0.25) is 0 Å². The van der Waals surface area contributed by atoms with E-state index in [1.807, 2.05) is 84.9 Å². The lowest BCUT2D eigenvalue weighted by Gasteiger charge is -2.17. The van der Waals surface area contributed by atoms with E-state index < -0.39 is 12.1 Å². The molecule has 26 heavy (non-hydrogen) atoms. The van der Waals surface area contributed by atoms with Gasteiger partial charge >= 0.3 is 6.09 Å². The Morgan fingerprint density at radius 3 is 2.04 bits per heavy atom. The molecule has 3 rings (SSSR count). The van der Waals surface area contributed by atoms with Gasteiger partial charge in [0.2, 0.25) is 0 Å². The van der Waals surface area contributed by atoms with Gasteiger partial charge in [0.05, 0.1) is 12.6 Å². The number of aliphatic hydroxyl groups excluding tert-OH is 1. The van der Waals surface area contributed by atoms with Gasteiger partial charge in [-0.25, -0.2) is 4.79 Å². The number of aliphatic hydroxyl groups is 1. The summed E-state index contributed by atoms with van der Waals surface area (Å²) in [6, 6.07) is 26.7. The highest BCUT2D eigenvalue weighted by atomic mass is 16.5. The van der Waals surface area contributed by atoms with Crippen molar-refractivity contribution >= 4 is 6.09 Å². The van der Waals surface area contributed by atoms with Crippen LogP contribution in [0.25, 0.3) is 11.1 Å². The Morgan fingerprint density at radius 1 is 0.846 bits per heavy atom. The third-order valence-corrected chi connectivity index (χ3v) is 4.11. The van der Waals surface area contributed by atoms with Gasteiger partial charge in [-0.15, -0.1) is 0 Å². The van der Waals surface area contributed by atoms with Crippen LogP contribution in [0.2, 0.25) is 0 Å². The lowest BCUT2D eigenvalue weighted by Crippen LogP contribution is -2.31. The second-order valence-electron chi connectivity index (χ2n) is 5.93. The van der Waals surface area contributed by atoms with E-state index in [9.17, 15) is 9.90 Å². The molecule has 1 atom stereocenters. The molecule has 0 fully saturated rings. The standard InChI is InChI=1S/C22H21NO3/c24-15-21(23-22(25)26-16-17-7-3-1-4-8-17)20-13-11-19(12-14-20)18-9-5-2-6-10-18/h1-14,21,24H,15-16H2,(H,23,25)/t21-/m0/s1.